The second-order valence-corrected chi connectivity index (χ2v) is 6.46. The van der Waals surface area contributed by atoms with E-state index in [2.05, 4.69) is 15.0 Å². The number of nitrogens with one attached hydrogen (secondary N) is 2. The molecule has 0 amide bonds. The van der Waals surface area contributed by atoms with E-state index in [1.54, 1.807) is 19.1 Å². The summed E-state index contributed by atoms with van der Waals surface area (Å²) in [6.45, 7) is 8.06. The van der Waals surface area contributed by atoms with Gasteiger partial charge in [-0.15, -0.1) is 0 Å². The van der Waals surface area contributed by atoms with Crippen LogP contribution in [0.3, 0.4) is 0 Å². The molecular weight excluding hydrogens is 250 g/mol. The van der Waals surface area contributed by atoms with E-state index in [0.29, 0.717) is 17.9 Å². The Labute approximate surface area is 109 Å². The van der Waals surface area contributed by atoms with E-state index in [9.17, 15) is 8.42 Å². The van der Waals surface area contributed by atoms with E-state index >= 15 is 0 Å². The number of anilines is 1. The smallest absolute Gasteiger partial charge is 0.234 e. The molecule has 6 heteroatoms. The number of hydrogen-bond donors (Lipinski definition) is 2. The molecule has 0 aliphatic rings. The summed E-state index contributed by atoms with van der Waals surface area (Å²) in [6.07, 6.45) is 0. The maximum Gasteiger partial charge on any atom is 0.234 e. The number of sulfonamides is 1. The first-order valence-corrected chi connectivity index (χ1v) is 7.63. The van der Waals surface area contributed by atoms with Crippen molar-refractivity contribution in [2.75, 3.05) is 17.0 Å². The molecule has 1 heterocycles. The zero-order valence-corrected chi connectivity index (χ0v) is 12.1. The number of nitrogens with zero attached hydrogens (tertiary/aromatic N) is 1. The van der Waals surface area contributed by atoms with Crippen molar-refractivity contribution in [3.8, 4) is 0 Å². The van der Waals surface area contributed by atoms with Crippen molar-refractivity contribution in [2.45, 2.75) is 33.7 Å². The number of hydrogen-bond acceptors (Lipinski definition) is 4. The fourth-order valence-electron chi connectivity index (χ4n) is 1.49. The summed E-state index contributed by atoms with van der Waals surface area (Å²) >= 11 is 0. The van der Waals surface area contributed by atoms with Crippen LogP contribution in [0.5, 0.6) is 0 Å². The highest BCUT2D eigenvalue weighted by Gasteiger charge is 2.12. The Morgan fingerprint density at radius 1 is 1.28 bits per heavy atom. The minimum absolute atomic E-state index is 0.0541. The number of aryl methyl sites for hydroxylation is 2. The van der Waals surface area contributed by atoms with Gasteiger partial charge in [0.25, 0.3) is 0 Å². The monoisotopic (exact) mass is 271 g/mol. The largest absolute Gasteiger partial charge is 0.313 e. The highest BCUT2D eigenvalue weighted by atomic mass is 32.2. The van der Waals surface area contributed by atoms with Crippen molar-refractivity contribution in [1.82, 2.24) is 10.3 Å². The molecule has 0 unspecified atom stereocenters. The highest BCUT2D eigenvalue weighted by Crippen LogP contribution is 2.14. The predicted octanol–water partition coefficient (Wildman–Crippen LogP) is 1.44. The van der Waals surface area contributed by atoms with Crippen molar-refractivity contribution in [2.24, 2.45) is 0 Å². The van der Waals surface area contributed by atoms with Gasteiger partial charge in [0.2, 0.25) is 10.0 Å². The quantitative estimate of drug-likeness (QED) is 0.821. The molecule has 18 heavy (non-hydrogen) atoms. The van der Waals surface area contributed by atoms with Gasteiger partial charge in [0.1, 0.15) is 0 Å². The molecule has 0 atom stereocenters. The van der Waals surface area contributed by atoms with Gasteiger partial charge in [0.05, 0.1) is 17.1 Å². The molecule has 5 nitrogen and oxygen atoms in total. The number of pyridine rings is 1. The summed E-state index contributed by atoms with van der Waals surface area (Å²) in [5, 5.41) is 3.08. The van der Waals surface area contributed by atoms with Crippen LogP contribution in [0.4, 0.5) is 5.69 Å². The van der Waals surface area contributed by atoms with Gasteiger partial charge in [-0.2, -0.15) is 0 Å². The van der Waals surface area contributed by atoms with Crippen molar-refractivity contribution >= 4 is 15.7 Å². The van der Waals surface area contributed by atoms with E-state index < -0.39 is 10.0 Å². The number of rotatable bonds is 6. The SMILES string of the molecule is Cc1ccc(NS(=O)(=O)CCNC(C)C)c(C)n1. The van der Waals surface area contributed by atoms with Crippen LogP contribution in [0, 0.1) is 13.8 Å². The summed E-state index contributed by atoms with van der Waals surface area (Å²) in [7, 11) is -3.32. The highest BCUT2D eigenvalue weighted by molar-refractivity contribution is 7.92. The molecular formula is C12H21N3O2S. The molecule has 0 fully saturated rings. The zero-order chi connectivity index (χ0) is 13.8. The molecule has 0 saturated heterocycles. The molecule has 0 bridgehead atoms. The summed E-state index contributed by atoms with van der Waals surface area (Å²) < 4.78 is 26.2. The fraction of sp³-hybridized carbons (Fsp3) is 0.583. The summed E-state index contributed by atoms with van der Waals surface area (Å²) in [5.41, 5.74) is 2.11. The fourth-order valence-corrected chi connectivity index (χ4v) is 2.53. The minimum Gasteiger partial charge on any atom is -0.313 e. The molecule has 0 saturated carbocycles. The average molecular weight is 271 g/mol. The van der Waals surface area contributed by atoms with E-state index in [1.807, 2.05) is 20.8 Å². The van der Waals surface area contributed by atoms with Crippen LogP contribution in [0.25, 0.3) is 0 Å². The lowest BCUT2D eigenvalue weighted by atomic mass is 10.3. The van der Waals surface area contributed by atoms with Crippen LogP contribution in [0.15, 0.2) is 12.1 Å². The van der Waals surface area contributed by atoms with Gasteiger partial charge >= 0.3 is 0 Å². The molecule has 2 N–H and O–H groups in total. The molecule has 0 spiro atoms. The molecule has 0 aliphatic heterocycles. The Bertz CT molecular complexity index is 498. The molecule has 1 aromatic rings. The summed E-state index contributed by atoms with van der Waals surface area (Å²) in [5.74, 6) is 0.0541. The van der Waals surface area contributed by atoms with Crippen LogP contribution in [0.1, 0.15) is 25.2 Å². The first-order chi connectivity index (χ1) is 8.30. The van der Waals surface area contributed by atoms with Crippen molar-refractivity contribution < 1.29 is 8.42 Å². The molecule has 102 valence electrons. The predicted molar refractivity (Wildman–Crippen MR) is 74.3 cm³/mol. The third kappa shape index (κ3) is 5.01. The lowest BCUT2D eigenvalue weighted by molar-refractivity contribution is 0.582. The summed E-state index contributed by atoms with van der Waals surface area (Å²) in [6, 6.07) is 3.81. The Morgan fingerprint density at radius 2 is 1.94 bits per heavy atom. The van der Waals surface area contributed by atoms with Gasteiger partial charge in [-0.25, -0.2) is 8.42 Å². The van der Waals surface area contributed by atoms with Crippen LogP contribution in [-0.4, -0.2) is 31.7 Å². The van der Waals surface area contributed by atoms with E-state index in [1.165, 1.54) is 0 Å². The average Bonchev–Trinajstić information content (AvgIpc) is 2.21. The van der Waals surface area contributed by atoms with Gasteiger partial charge in [-0.05, 0) is 26.0 Å². The van der Waals surface area contributed by atoms with Gasteiger partial charge in [0.15, 0.2) is 0 Å². The molecule has 1 aromatic heterocycles. The van der Waals surface area contributed by atoms with Crippen molar-refractivity contribution in [3.05, 3.63) is 23.5 Å². The van der Waals surface area contributed by atoms with E-state index in [-0.39, 0.29) is 11.8 Å². The van der Waals surface area contributed by atoms with Gasteiger partial charge < -0.3 is 5.32 Å². The maximum atomic E-state index is 11.8. The zero-order valence-electron chi connectivity index (χ0n) is 11.3. The first kappa shape index (κ1) is 14.9. The van der Waals surface area contributed by atoms with Gasteiger partial charge in [-0.1, -0.05) is 13.8 Å². The Morgan fingerprint density at radius 3 is 2.50 bits per heavy atom. The van der Waals surface area contributed by atoms with Crippen molar-refractivity contribution in [3.63, 3.8) is 0 Å². The Balaban J connectivity index is 2.65. The standard InChI is InChI=1S/C12H21N3O2S/c1-9(2)13-7-8-18(16,17)15-12-6-5-10(3)14-11(12)4/h5-6,9,13,15H,7-8H2,1-4H3. The van der Waals surface area contributed by atoms with Gasteiger partial charge in [-0.3, -0.25) is 9.71 Å². The second-order valence-electron chi connectivity index (χ2n) is 4.62. The third-order valence-corrected chi connectivity index (χ3v) is 3.69. The van der Waals surface area contributed by atoms with Crippen LogP contribution >= 0.6 is 0 Å². The first-order valence-electron chi connectivity index (χ1n) is 5.98. The molecule has 0 aromatic carbocycles. The number of aromatic nitrogens is 1. The molecule has 0 aliphatic carbocycles. The third-order valence-electron chi connectivity index (χ3n) is 2.41. The van der Waals surface area contributed by atoms with Crippen LogP contribution < -0.4 is 10.0 Å². The van der Waals surface area contributed by atoms with Crippen molar-refractivity contribution in [1.29, 1.82) is 0 Å². The normalized spacial score (nSPS) is 11.8. The Kier molecular flexibility index (Phi) is 5.10. The van der Waals surface area contributed by atoms with Crippen LogP contribution in [0.2, 0.25) is 0 Å². The van der Waals surface area contributed by atoms with E-state index in [4.69, 9.17) is 0 Å². The summed E-state index contributed by atoms with van der Waals surface area (Å²) in [4.78, 5) is 4.22. The molecule has 1 rings (SSSR count). The maximum absolute atomic E-state index is 11.8. The minimum atomic E-state index is -3.32. The lowest BCUT2D eigenvalue weighted by Gasteiger charge is -2.12. The Hall–Kier alpha value is -1.14. The van der Waals surface area contributed by atoms with Crippen LogP contribution in [-0.2, 0) is 10.0 Å². The second kappa shape index (κ2) is 6.15. The molecule has 0 radical (unpaired) electrons. The topological polar surface area (TPSA) is 71.1 Å². The van der Waals surface area contributed by atoms with E-state index in [0.717, 1.165) is 5.69 Å². The lowest BCUT2D eigenvalue weighted by Crippen LogP contribution is -2.31. The van der Waals surface area contributed by atoms with Gasteiger partial charge in [0, 0.05) is 18.3 Å².